The van der Waals surface area contributed by atoms with Crippen LogP contribution in [0.25, 0.3) is 0 Å². The predicted molar refractivity (Wildman–Crippen MR) is 121 cm³/mol. The van der Waals surface area contributed by atoms with Crippen LogP contribution in [0, 0.1) is 12.8 Å². The van der Waals surface area contributed by atoms with Crippen LogP contribution in [-0.2, 0) is 17.9 Å². The van der Waals surface area contributed by atoms with Crippen LogP contribution in [0.3, 0.4) is 0 Å². The third-order valence-corrected chi connectivity index (χ3v) is 7.81. The van der Waals surface area contributed by atoms with Crippen LogP contribution in [0.4, 0.5) is 0 Å². The molecule has 2 fully saturated rings. The molecule has 3 aliphatic rings. The Bertz CT molecular complexity index is 915. The van der Waals surface area contributed by atoms with Crippen molar-refractivity contribution in [2.24, 2.45) is 5.92 Å². The highest BCUT2D eigenvalue weighted by Gasteiger charge is 2.30. The Kier molecular flexibility index (Phi) is 6.16. The van der Waals surface area contributed by atoms with Gasteiger partial charge in [-0.05, 0) is 67.6 Å². The van der Waals surface area contributed by atoms with Gasteiger partial charge in [0.25, 0.3) is 0 Å². The van der Waals surface area contributed by atoms with Crippen molar-refractivity contribution in [2.75, 3.05) is 46.1 Å². The number of hydrogen-bond donors (Lipinski definition) is 0. The van der Waals surface area contributed by atoms with E-state index in [1.54, 1.807) is 0 Å². The van der Waals surface area contributed by atoms with E-state index in [1.165, 1.54) is 16.0 Å². The van der Waals surface area contributed by atoms with Crippen LogP contribution in [0.15, 0.2) is 29.6 Å². The molecule has 0 saturated carbocycles. The minimum Gasteiger partial charge on any atom is -0.454 e. The average Bonchev–Trinajstić information content (AvgIpc) is 3.43. The molecule has 0 unspecified atom stereocenters. The molecule has 2 saturated heterocycles. The van der Waals surface area contributed by atoms with Gasteiger partial charge in [0.05, 0.1) is 0 Å². The van der Waals surface area contributed by atoms with E-state index in [9.17, 15) is 4.79 Å². The minimum atomic E-state index is 0.195. The molecule has 0 bridgehead atoms. The summed E-state index contributed by atoms with van der Waals surface area (Å²) in [5.41, 5.74) is 2.62. The summed E-state index contributed by atoms with van der Waals surface area (Å²) in [4.78, 5) is 21.6. The zero-order valence-corrected chi connectivity index (χ0v) is 19.0. The van der Waals surface area contributed by atoms with E-state index >= 15 is 0 Å². The van der Waals surface area contributed by atoms with Crippen molar-refractivity contribution in [2.45, 2.75) is 32.9 Å². The maximum absolute atomic E-state index is 13.1. The highest BCUT2D eigenvalue weighted by molar-refractivity contribution is 7.10. The van der Waals surface area contributed by atoms with Crippen molar-refractivity contribution in [3.05, 3.63) is 45.6 Å². The first-order valence-corrected chi connectivity index (χ1v) is 12.2. The number of carbonyl (C=O) groups is 1. The number of carbonyl (C=O) groups excluding carboxylic acids is 1. The summed E-state index contributed by atoms with van der Waals surface area (Å²) in [6.45, 7) is 9.99. The van der Waals surface area contributed by atoms with Gasteiger partial charge in [0.1, 0.15) is 0 Å². The largest absolute Gasteiger partial charge is 0.454 e. The molecule has 0 atom stereocenters. The Labute approximate surface area is 188 Å². The van der Waals surface area contributed by atoms with E-state index in [4.69, 9.17) is 9.47 Å². The van der Waals surface area contributed by atoms with Gasteiger partial charge >= 0.3 is 0 Å². The van der Waals surface area contributed by atoms with Crippen LogP contribution in [-0.4, -0.2) is 66.7 Å². The topological polar surface area (TPSA) is 45.3 Å². The normalized spacial score (nSPS) is 20.4. The number of hydrogen-bond acceptors (Lipinski definition) is 6. The monoisotopic (exact) mass is 441 g/mol. The van der Waals surface area contributed by atoms with Crippen molar-refractivity contribution in [1.82, 2.24) is 14.7 Å². The second kappa shape index (κ2) is 9.18. The second-order valence-electron chi connectivity index (χ2n) is 8.87. The van der Waals surface area contributed by atoms with Crippen molar-refractivity contribution >= 4 is 17.2 Å². The smallest absolute Gasteiger partial charge is 0.231 e. The van der Waals surface area contributed by atoms with Gasteiger partial charge in [-0.25, -0.2) is 0 Å². The standard InChI is InChI=1S/C24H31N3O3S/c1-18-6-13-31-23(18)16-25-7-4-20(5-8-25)24(28)27-11-9-26(10-12-27)15-19-2-3-21-22(14-19)30-17-29-21/h2-3,6,13-14,20H,4-5,7-12,15-17H2,1H3. The highest BCUT2D eigenvalue weighted by atomic mass is 32.1. The molecule has 1 aromatic carbocycles. The molecule has 166 valence electrons. The maximum Gasteiger partial charge on any atom is 0.231 e. The minimum absolute atomic E-state index is 0.195. The molecule has 5 rings (SSSR count). The quantitative estimate of drug-likeness (QED) is 0.712. The molecule has 6 nitrogen and oxygen atoms in total. The molecule has 0 aliphatic carbocycles. The van der Waals surface area contributed by atoms with E-state index in [0.29, 0.717) is 12.7 Å². The zero-order chi connectivity index (χ0) is 21.2. The summed E-state index contributed by atoms with van der Waals surface area (Å²) in [6, 6.07) is 8.37. The number of piperazine rings is 1. The number of rotatable bonds is 5. The molecule has 1 amide bonds. The zero-order valence-electron chi connectivity index (χ0n) is 18.2. The number of benzene rings is 1. The Morgan fingerprint density at radius 1 is 0.968 bits per heavy atom. The molecule has 7 heteroatoms. The Morgan fingerprint density at radius 3 is 2.45 bits per heavy atom. The van der Waals surface area contributed by atoms with E-state index in [-0.39, 0.29) is 5.92 Å². The van der Waals surface area contributed by atoms with Gasteiger partial charge in [-0.3, -0.25) is 14.6 Å². The predicted octanol–water partition coefficient (Wildman–Crippen LogP) is 3.34. The maximum atomic E-state index is 13.1. The third kappa shape index (κ3) is 4.73. The fourth-order valence-electron chi connectivity index (χ4n) is 4.79. The SMILES string of the molecule is Cc1ccsc1CN1CCC(C(=O)N2CCN(Cc3ccc4c(c3)OCO4)CC2)CC1. The Hall–Kier alpha value is -2.09. The summed E-state index contributed by atoms with van der Waals surface area (Å²) in [5, 5.41) is 2.17. The van der Waals surface area contributed by atoms with Gasteiger partial charge in [-0.1, -0.05) is 6.07 Å². The summed E-state index contributed by atoms with van der Waals surface area (Å²) < 4.78 is 10.9. The van der Waals surface area contributed by atoms with Crippen molar-refractivity contribution in [1.29, 1.82) is 0 Å². The van der Waals surface area contributed by atoms with Crippen molar-refractivity contribution in [3.63, 3.8) is 0 Å². The number of aryl methyl sites for hydroxylation is 1. The summed E-state index contributed by atoms with van der Waals surface area (Å²) in [6.07, 6.45) is 1.97. The first-order valence-electron chi connectivity index (χ1n) is 11.3. The van der Waals surface area contributed by atoms with Crippen molar-refractivity contribution in [3.8, 4) is 11.5 Å². The third-order valence-electron chi connectivity index (χ3n) is 6.80. The molecule has 0 N–H and O–H groups in total. The van der Waals surface area contributed by atoms with Crippen molar-refractivity contribution < 1.29 is 14.3 Å². The second-order valence-corrected chi connectivity index (χ2v) is 9.87. The van der Waals surface area contributed by atoms with Crippen LogP contribution < -0.4 is 9.47 Å². The molecule has 1 aromatic heterocycles. The molecule has 31 heavy (non-hydrogen) atoms. The van der Waals surface area contributed by atoms with E-state index < -0.39 is 0 Å². The van der Waals surface area contributed by atoms with Gasteiger partial charge in [-0.15, -0.1) is 11.3 Å². The molecule has 4 heterocycles. The van der Waals surface area contributed by atoms with Crippen LogP contribution in [0.2, 0.25) is 0 Å². The first-order chi connectivity index (χ1) is 15.2. The van der Waals surface area contributed by atoms with Gasteiger partial charge in [-0.2, -0.15) is 0 Å². The van der Waals surface area contributed by atoms with Crippen LogP contribution in [0.5, 0.6) is 11.5 Å². The number of piperidine rings is 1. The highest BCUT2D eigenvalue weighted by Crippen LogP contribution is 2.33. The molecular formula is C24H31N3O3S. The number of thiophene rings is 1. The molecule has 3 aliphatic heterocycles. The number of fused-ring (bicyclic) bond motifs is 1. The van der Waals surface area contributed by atoms with Crippen LogP contribution >= 0.6 is 11.3 Å². The molecule has 0 spiro atoms. The van der Waals surface area contributed by atoms with E-state index in [0.717, 1.165) is 76.7 Å². The number of nitrogens with zero attached hydrogens (tertiary/aromatic N) is 3. The molecule has 0 radical (unpaired) electrons. The fourth-order valence-corrected chi connectivity index (χ4v) is 5.74. The van der Waals surface area contributed by atoms with E-state index in [1.807, 2.05) is 17.4 Å². The first kappa shape index (κ1) is 20.8. The van der Waals surface area contributed by atoms with E-state index in [2.05, 4.69) is 45.2 Å². The molecular weight excluding hydrogens is 410 g/mol. The van der Waals surface area contributed by atoms with Gasteiger partial charge in [0, 0.05) is 50.1 Å². The average molecular weight is 442 g/mol. The summed E-state index contributed by atoms with van der Waals surface area (Å²) in [7, 11) is 0. The van der Waals surface area contributed by atoms with Gasteiger partial charge < -0.3 is 14.4 Å². The van der Waals surface area contributed by atoms with Gasteiger partial charge in [0.2, 0.25) is 12.7 Å². The summed E-state index contributed by atoms with van der Waals surface area (Å²) in [5.74, 6) is 2.23. The number of amides is 1. The lowest BCUT2D eigenvalue weighted by molar-refractivity contribution is -0.139. The van der Waals surface area contributed by atoms with Gasteiger partial charge in [0.15, 0.2) is 11.5 Å². The summed E-state index contributed by atoms with van der Waals surface area (Å²) >= 11 is 1.84. The number of ether oxygens (including phenoxy) is 2. The fraction of sp³-hybridized carbons (Fsp3) is 0.542. The Balaban J connectivity index is 1.07. The lowest BCUT2D eigenvalue weighted by Gasteiger charge is -2.38. The lowest BCUT2D eigenvalue weighted by Crippen LogP contribution is -2.51. The lowest BCUT2D eigenvalue weighted by atomic mass is 9.95. The molecule has 2 aromatic rings. The number of likely N-dealkylation sites (tertiary alicyclic amines) is 1. The Morgan fingerprint density at radius 2 is 1.71 bits per heavy atom. The van der Waals surface area contributed by atoms with Crippen LogP contribution in [0.1, 0.15) is 28.8 Å².